The van der Waals surface area contributed by atoms with Crippen LogP contribution < -0.4 is 10.2 Å². The molecule has 0 aliphatic heterocycles. The van der Waals surface area contributed by atoms with Crippen molar-refractivity contribution in [3.05, 3.63) is 119 Å². The van der Waals surface area contributed by atoms with Crippen LogP contribution in [-0.2, 0) is 6.61 Å². The Morgan fingerprint density at radius 2 is 1.65 bits per heavy atom. The molecule has 0 aliphatic rings. The van der Waals surface area contributed by atoms with E-state index in [0.29, 0.717) is 28.1 Å². The van der Waals surface area contributed by atoms with E-state index in [2.05, 4.69) is 41.1 Å². The van der Waals surface area contributed by atoms with Crippen LogP contribution in [0.25, 0.3) is 17.0 Å². The average molecular weight is 514 g/mol. The molecule has 3 aromatic heterocycles. The monoisotopic (exact) mass is 513 g/mol. The van der Waals surface area contributed by atoms with Crippen LogP contribution in [0.4, 0.5) is 0 Å². The van der Waals surface area contributed by atoms with Gasteiger partial charge in [0, 0.05) is 27.7 Å². The molecule has 186 valence electrons. The number of carbonyl (C=O) groups excluding carboxylic acids is 1. The third kappa shape index (κ3) is 5.68. The number of hydrogen-bond donors (Lipinski definition) is 1. The third-order valence-electron chi connectivity index (χ3n) is 5.75. The summed E-state index contributed by atoms with van der Waals surface area (Å²) in [6.07, 6.45) is 1.42. The first-order valence-corrected chi connectivity index (χ1v) is 12.0. The highest BCUT2D eigenvalue weighted by molar-refractivity contribution is 6.30. The van der Waals surface area contributed by atoms with E-state index >= 15 is 0 Å². The molecule has 0 saturated heterocycles. The standard InChI is InChI=1S/C29H24ClN3O4/c1-19-3-4-20(2)33(19)23-9-11-24(12-10-23)35-18-26-14-16-28(37-26)29(34)32-31-17-25-13-15-27(36-25)21-5-7-22(30)8-6-21/h3-17H,18H2,1-2H3,(H,32,34)/b31-17+. The fraction of sp³-hybridized carbons (Fsp3) is 0.103. The quantitative estimate of drug-likeness (QED) is 0.180. The Balaban J connectivity index is 1.13. The van der Waals surface area contributed by atoms with E-state index in [-0.39, 0.29) is 12.4 Å². The number of furan rings is 2. The van der Waals surface area contributed by atoms with Crippen molar-refractivity contribution < 1.29 is 18.4 Å². The molecule has 5 aromatic rings. The number of amides is 1. The highest BCUT2D eigenvalue weighted by Crippen LogP contribution is 2.23. The van der Waals surface area contributed by atoms with E-state index in [9.17, 15) is 4.79 Å². The van der Waals surface area contributed by atoms with Gasteiger partial charge in [-0.25, -0.2) is 5.43 Å². The molecule has 3 heterocycles. The summed E-state index contributed by atoms with van der Waals surface area (Å²) in [5, 5.41) is 4.60. The maximum absolute atomic E-state index is 12.4. The van der Waals surface area contributed by atoms with Crippen LogP contribution in [0.1, 0.15) is 33.5 Å². The molecule has 0 atom stereocenters. The molecule has 2 aromatic carbocycles. The number of hydrazone groups is 1. The minimum Gasteiger partial charge on any atom is -0.486 e. The second-order valence-corrected chi connectivity index (χ2v) is 8.84. The van der Waals surface area contributed by atoms with E-state index in [1.54, 1.807) is 30.3 Å². The van der Waals surface area contributed by atoms with Crippen molar-refractivity contribution >= 4 is 23.7 Å². The van der Waals surface area contributed by atoms with E-state index in [4.69, 9.17) is 25.2 Å². The van der Waals surface area contributed by atoms with Crippen LogP contribution in [-0.4, -0.2) is 16.7 Å². The Kier molecular flexibility index (Phi) is 6.96. The molecule has 0 saturated carbocycles. The topological polar surface area (TPSA) is 81.9 Å². The third-order valence-corrected chi connectivity index (χ3v) is 6.00. The van der Waals surface area contributed by atoms with Gasteiger partial charge in [0.25, 0.3) is 0 Å². The Labute approximate surface area is 218 Å². The number of aromatic nitrogens is 1. The van der Waals surface area contributed by atoms with Gasteiger partial charge in [-0.2, -0.15) is 5.10 Å². The molecule has 1 amide bonds. The zero-order valence-electron chi connectivity index (χ0n) is 20.3. The van der Waals surface area contributed by atoms with E-state index in [1.165, 1.54) is 17.6 Å². The maximum atomic E-state index is 12.4. The van der Waals surface area contributed by atoms with Crippen molar-refractivity contribution in [2.75, 3.05) is 0 Å². The molecule has 0 bridgehead atoms. The Morgan fingerprint density at radius 1 is 0.919 bits per heavy atom. The largest absolute Gasteiger partial charge is 0.486 e. The number of halogens is 1. The van der Waals surface area contributed by atoms with Crippen LogP contribution in [0, 0.1) is 13.8 Å². The van der Waals surface area contributed by atoms with Crippen molar-refractivity contribution in [1.29, 1.82) is 0 Å². The smallest absolute Gasteiger partial charge is 0.307 e. The maximum Gasteiger partial charge on any atom is 0.307 e. The number of nitrogens with zero attached hydrogens (tertiary/aromatic N) is 2. The van der Waals surface area contributed by atoms with Crippen LogP contribution >= 0.6 is 11.6 Å². The fourth-order valence-corrected chi connectivity index (χ4v) is 4.03. The van der Waals surface area contributed by atoms with E-state index in [1.807, 2.05) is 42.5 Å². The molecule has 0 unspecified atom stereocenters. The van der Waals surface area contributed by atoms with Crippen molar-refractivity contribution in [2.24, 2.45) is 5.10 Å². The Morgan fingerprint density at radius 3 is 2.38 bits per heavy atom. The fourth-order valence-electron chi connectivity index (χ4n) is 3.90. The predicted molar refractivity (Wildman–Crippen MR) is 142 cm³/mol. The van der Waals surface area contributed by atoms with Crippen molar-refractivity contribution in [3.8, 4) is 22.8 Å². The summed E-state index contributed by atoms with van der Waals surface area (Å²) in [4.78, 5) is 12.4. The number of benzene rings is 2. The summed E-state index contributed by atoms with van der Waals surface area (Å²) in [5.74, 6) is 2.04. The van der Waals surface area contributed by atoms with Crippen molar-refractivity contribution in [1.82, 2.24) is 9.99 Å². The van der Waals surface area contributed by atoms with Crippen LogP contribution in [0.5, 0.6) is 5.75 Å². The van der Waals surface area contributed by atoms with Crippen LogP contribution in [0.3, 0.4) is 0 Å². The molecule has 1 N–H and O–H groups in total. The lowest BCUT2D eigenvalue weighted by atomic mass is 10.2. The summed E-state index contributed by atoms with van der Waals surface area (Å²) >= 11 is 5.92. The van der Waals surface area contributed by atoms with Gasteiger partial charge >= 0.3 is 5.91 Å². The second kappa shape index (κ2) is 10.6. The minimum atomic E-state index is -0.478. The number of rotatable bonds is 8. The molecule has 8 heteroatoms. The highest BCUT2D eigenvalue weighted by Gasteiger charge is 2.11. The molecular formula is C29H24ClN3O4. The number of carbonyl (C=O) groups is 1. The normalized spacial score (nSPS) is 11.2. The second-order valence-electron chi connectivity index (χ2n) is 8.41. The first-order chi connectivity index (χ1) is 18.0. The van der Waals surface area contributed by atoms with E-state index < -0.39 is 5.91 Å². The lowest BCUT2D eigenvalue weighted by Gasteiger charge is -2.10. The van der Waals surface area contributed by atoms with Gasteiger partial charge in [-0.3, -0.25) is 4.79 Å². The van der Waals surface area contributed by atoms with Crippen molar-refractivity contribution in [3.63, 3.8) is 0 Å². The zero-order valence-corrected chi connectivity index (χ0v) is 21.0. The molecule has 0 aliphatic carbocycles. The lowest BCUT2D eigenvalue weighted by molar-refractivity contribution is 0.0923. The number of nitrogens with one attached hydrogen (secondary N) is 1. The first kappa shape index (κ1) is 24.2. The molecule has 0 spiro atoms. The Bertz CT molecular complexity index is 1520. The van der Waals surface area contributed by atoms with E-state index in [0.717, 1.165) is 11.3 Å². The lowest BCUT2D eigenvalue weighted by Crippen LogP contribution is -2.16. The molecular weight excluding hydrogens is 490 g/mol. The summed E-state index contributed by atoms with van der Waals surface area (Å²) in [7, 11) is 0. The van der Waals surface area contributed by atoms with Gasteiger partial charge in [0.1, 0.15) is 29.6 Å². The highest BCUT2D eigenvalue weighted by atomic mass is 35.5. The molecule has 37 heavy (non-hydrogen) atoms. The van der Waals surface area contributed by atoms with Crippen molar-refractivity contribution in [2.45, 2.75) is 20.5 Å². The molecule has 7 nitrogen and oxygen atoms in total. The molecule has 0 radical (unpaired) electrons. The van der Waals surface area contributed by atoms with Gasteiger partial charge < -0.3 is 18.1 Å². The van der Waals surface area contributed by atoms with Gasteiger partial charge in [0.2, 0.25) is 0 Å². The summed E-state index contributed by atoms with van der Waals surface area (Å²) < 4.78 is 19.3. The van der Waals surface area contributed by atoms with Gasteiger partial charge in [0.05, 0.1) is 6.21 Å². The summed E-state index contributed by atoms with van der Waals surface area (Å²) in [6, 6.07) is 26.2. The van der Waals surface area contributed by atoms with Gasteiger partial charge in [-0.1, -0.05) is 11.6 Å². The SMILES string of the molecule is Cc1ccc(C)n1-c1ccc(OCc2ccc(C(=O)N/N=C/c3ccc(-c4ccc(Cl)cc4)o3)o2)cc1. The Hall–Kier alpha value is -4.49. The minimum absolute atomic E-state index is 0.131. The molecule has 0 fully saturated rings. The number of aryl methyl sites for hydroxylation is 2. The predicted octanol–water partition coefficient (Wildman–Crippen LogP) is 6.94. The van der Waals surface area contributed by atoms with Crippen LogP contribution in [0.2, 0.25) is 5.02 Å². The number of hydrogen-bond acceptors (Lipinski definition) is 5. The number of ether oxygens (including phenoxy) is 1. The zero-order chi connectivity index (χ0) is 25.8. The van der Waals surface area contributed by atoms with Gasteiger partial charge in [-0.15, -0.1) is 0 Å². The first-order valence-electron chi connectivity index (χ1n) is 11.6. The van der Waals surface area contributed by atoms with Gasteiger partial charge in [-0.05, 0) is 98.8 Å². The summed E-state index contributed by atoms with van der Waals surface area (Å²) in [5.41, 5.74) is 6.74. The molecule has 5 rings (SSSR count). The van der Waals surface area contributed by atoms with Crippen LogP contribution in [0.15, 0.2) is 98.9 Å². The van der Waals surface area contributed by atoms with Gasteiger partial charge in [0.15, 0.2) is 5.76 Å². The average Bonchev–Trinajstić information content (AvgIpc) is 3.64. The summed E-state index contributed by atoms with van der Waals surface area (Å²) in [6.45, 7) is 4.34.